The molecule has 6 nitrogen and oxygen atoms in total. The average Bonchev–Trinajstić information content (AvgIpc) is 2.44. The molecule has 0 saturated carbocycles. The van der Waals surface area contributed by atoms with Gasteiger partial charge in [0.25, 0.3) is 9.84 Å². The highest BCUT2D eigenvalue weighted by atomic mass is 28.2. The maximum absolute atomic E-state index is 5.15. The molecular formula is C12H28N2O4Si. The smallest absolute Gasteiger partial charge is 0.251 e. The minimum atomic E-state index is 0.600. The van der Waals surface area contributed by atoms with Gasteiger partial charge < -0.3 is 28.1 Å². The predicted molar refractivity (Wildman–Crippen MR) is 76.4 cm³/mol. The highest BCUT2D eigenvalue weighted by molar-refractivity contribution is 6.28. The van der Waals surface area contributed by atoms with E-state index in [1.54, 1.807) is 28.4 Å². The third-order valence-electron chi connectivity index (χ3n) is 2.54. The number of ether oxygens (including phenoxy) is 4. The van der Waals surface area contributed by atoms with Gasteiger partial charge in [0.05, 0.1) is 26.4 Å². The van der Waals surface area contributed by atoms with Crippen molar-refractivity contribution in [2.24, 2.45) is 0 Å². The summed E-state index contributed by atoms with van der Waals surface area (Å²) in [4.78, 5) is 0. The standard InChI is InChI=1S/C12H28N2O4Si/c1-15-9-5-13(6-10-16-2)19-14(7-11-17-3)8-12-18-4/h5-12H2,1-4H3. The molecule has 0 saturated heterocycles. The monoisotopic (exact) mass is 292 g/mol. The molecule has 19 heavy (non-hydrogen) atoms. The first kappa shape index (κ1) is 19.0. The van der Waals surface area contributed by atoms with E-state index in [1.807, 2.05) is 0 Å². The fraction of sp³-hybridized carbons (Fsp3) is 1.00. The SMILES string of the molecule is COCCN(CCOC)[Si]N(CCOC)CCOC. The maximum Gasteiger partial charge on any atom is 0.251 e. The summed E-state index contributed by atoms with van der Waals surface area (Å²) in [5, 5.41) is 0. The Hall–Kier alpha value is -0.0231. The molecule has 0 fully saturated rings. The van der Waals surface area contributed by atoms with Crippen molar-refractivity contribution in [1.82, 2.24) is 9.13 Å². The Morgan fingerprint density at radius 2 is 0.842 bits per heavy atom. The molecule has 0 aliphatic rings. The van der Waals surface area contributed by atoms with Gasteiger partial charge in [-0.25, -0.2) is 0 Å². The Morgan fingerprint density at radius 1 is 0.579 bits per heavy atom. The van der Waals surface area contributed by atoms with E-state index in [9.17, 15) is 0 Å². The lowest BCUT2D eigenvalue weighted by Gasteiger charge is -2.28. The molecule has 2 radical (unpaired) electrons. The lowest BCUT2D eigenvalue weighted by atomic mass is 10.6. The Bertz CT molecular complexity index is 155. The summed E-state index contributed by atoms with van der Waals surface area (Å²) in [6.45, 7) is 6.59. The Kier molecular flexibility index (Phi) is 14.4. The number of nitrogens with zero attached hydrogens (tertiary/aromatic N) is 2. The summed E-state index contributed by atoms with van der Waals surface area (Å²) < 4.78 is 25.3. The molecule has 0 unspecified atom stereocenters. The van der Waals surface area contributed by atoms with Crippen LogP contribution in [0.15, 0.2) is 0 Å². The summed E-state index contributed by atoms with van der Waals surface area (Å²) in [5.41, 5.74) is 0. The second-order valence-corrected chi connectivity index (χ2v) is 5.51. The quantitative estimate of drug-likeness (QED) is 0.410. The fourth-order valence-corrected chi connectivity index (χ4v) is 2.59. The van der Waals surface area contributed by atoms with Gasteiger partial charge in [-0.15, -0.1) is 0 Å². The highest BCUT2D eigenvalue weighted by Gasteiger charge is 2.13. The van der Waals surface area contributed by atoms with Crippen molar-refractivity contribution in [3.8, 4) is 0 Å². The van der Waals surface area contributed by atoms with Crippen LogP contribution in [-0.2, 0) is 18.9 Å². The zero-order chi connectivity index (χ0) is 14.3. The molecule has 0 heterocycles. The Labute approximate surface area is 119 Å². The van der Waals surface area contributed by atoms with Gasteiger partial charge in [-0.3, -0.25) is 0 Å². The van der Waals surface area contributed by atoms with E-state index in [1.165, 1.54) is 0 Å². The van der Waals surface area contributed by atoms with E-state index in [4.69, 9.17) is 18.9 Å². The van der Waals surface area contributed by atoms with Crippen molar-refractivity contribution < 1.29 is 18.9 Å². The van der Waals surface area contributed by atoms with Crippen molar-refractivity contribution in [3.63, 3.8) is 0 Å². The minimum absolute atomic E-state index is 0.600. The summed E-state index contributed by atoms with van der Waals surface area (Å²) in [6, 6.07) is 0. The number of hydrogen-bond acceptors (Lipinski definition) is 6. The summed E-state index contributed by atoms with van der Waals surface area (Å²) in [7, 11) is 7.51. The van der Waals surface area contributed by atoms with Crippen LogP contribution >= 0.6 is 0 Å². The molecule has 0 atom stereocenters. The van der Waals surface area contributed by atoms with Gasteiger partial charge in [-0.2, -0.15) is 0 Å². The van der Waals surface area contributed by atoms with Gasteiger partial charge >= 0.3 is 0 Å². The van der Waals surface area contributed by atoms with Crippen LogP contribution in [0.1, 0.15) is 0 Å². The highest BCUT2D eigenvalue weighted by Crippen LogP contribution is 1.94. The number of methoxy groups -OCH3 is 4. The van der Waals surface area contributed by atoms with Crippen molar-refractivity contribution >= 4 is 9.84 Å². The predicted octanol–water partition coefficient (Wildman–Crippen LogP) is -0.290. The first-order chi connectivity index (χ1) is 9.28. The normalized spacial score (nSPS) is 11.7. The molecule has 0 aliphatic heterocycles. The third kappa shape index (κ3) is 11.5. The summed E-state index contributed by atoms with van der Waals surface area (Å²) in [6.07, 6.45) is 0. The topological polar surface area (TPSA) is 43.4 Å². The zero-order valence-corrected chi connectivity index (χ0v) is 13.7. The molecule has 0 bridgehead atoms. The van der Waals surface area contributed by atoms with E-state index < -0.39 is 0 Å². The van der Waals surface area contributed by atoms with Crippen LogP contribution in [0.4, 0.5) is 0 Å². The van der Waals surface area contributed by atoms with Crippen LogP contribution in [-0.4, -0.2) is 100 Å². The minimum Gasteiger partial charge on any atom is -0.383 e. The van der Waals surface area contributed by atoms with Gasteiger partial charge in [0.2, 0.25) is 0 Å². The number of rotatable bonds is 14. The Balaban J connectivity index is 4.16. The fourth-order valence-electron chi connectivity index (χ4n) is 1.43. The largest absolute Gasteiger partial charge is 0.383 e. The van der Waals surface area contributed by atoms with Crippen molar-refractivity contribution in [2.75, 3.05) is 81.0 Å². The van der Waals surface area contributed by atoms with E-state index in [-0.39, 0.29) is 0 Å². The molecule has 0 spiro atoms. The molecule has 114 valence electrons. The maximum atomic E-state index is 5.15. The van der Waals surface area contributed by atoms with Crippen LogP contribution in [0.5, 0.6) is 0 Å². The third-order valence-corrected chi connectivity index (χ3v) is 4.00. The second kappa shape index (κ2) is 14.4. The van der Waals surface area contributed by atoms with E-state index in [0.29, 0.717) is 9.84 Å². The van der Waals surface area contributed by atoms with Crippen LogP contribution < -0.4 is 0 Å². The molecule has 0 N–H and O–H groups in total. The lowest BCUT2D eigenvalue weighted by Crippen LogP contribution is -2.46. The molecule has 0 rings (SSSR count). The van der Waals surface area contributed by atoms with Crippen LogP contribution in [0.3, 0.4) is 0 Å². The molecular weight excluding hydrogens is 264 g/mol. The first-order valence-corrected chi connectivity index (χ1v) is 7.39. The van der Waals surface area contributed by atoms with Crippen LogP contribution in [0, 0.1) is 0 Å². The molecule has 0 amide bonds. The van der Waals surface area contributed by atoms with Crippen molar-refractivity contribution in [3.05, 3.63) is 0 Å². The molecule has 0 aromatic carbocycles. The van der Waals surface area contributed by atoms with Crippen molar-refractivity contribution in [2.45, 2.75) is 0 Å². The molecule has 0 aromatic rings. The molecule has 0 aliphatic carbocycles. The number of hydrogen-bond donors (Lipinski definition) is 0. The second-order valence-electron chi connectivity index (χ2n) is 4.05. The van der Waals surface area contributed by atoms with E-state index in [0.717, 1.165) is 52.6 Å². The average molecular weight is 292 g/mol. The van der Waals surface area contributed by atoms with E-state index in [2.05, 4.69) is 9.13 Å². The first-order valence-electron chi connectivity index (χ1n) is 6.50. The lowest BCUT2D eigenvalue weighted by molar-refractivity contribution is 0.132. The Morgan fingerprint density at radius 3 is 1.05 bits per heavy atom. The summed E-state index contributed by atoms with van der Waals surface area (Å²) >= 11 is 0. The van der Waals surface area contributed by atoms with Crippen molar-refractivity contribution in [1.29, 1.82) is 0 Å². The van der Waals surface area contributed by atoms with Crippen LogP contribution in [0.25, 0.3) is 0 Å². The van der Waals surface area contributed by atoms with Gasteiger partial charge in [-0.1, -0.05) is 0 Å². The summed E-state index contributed by atoms with van der Waals surface area (Å²) in [5.74, 6) is 0. The molecule has 0 aromatic heterocycles. The zero-order valence-electron chi connectivity index (χ0n) is 12.7. The van der Waals surface area contributed by atoms with Gasteiger partial charge in [0.1, 0.15) is 0 Å². The van der Waals surface area contributed by atoms with Crippen LogP contribution in [0.2, 0.25) is 0 Å². The van der Waals surface area contributed by atoms with Gasteiger partial charge in [-0.05, 0) is 0 Å². The molecule has 7 heteroatoms. The van der Waals surface area contributed by atoms with Gasteiger partial charge in [0.15, 0.2) is 0 Å². The van der Waals surface area contributed by atoms with Gasteiger partial charge in [0, 0.05) is 54.6 Å². The van der Waals surface area contributed by atoms with E-state index >= 15 is 0 Å².